The summed E-state index contributed by atoms with van der Waals surface area (Å²) >= 11 is 16.6. The van der Waals surface area contributed by atoms with Crippen LogP contribution in [0.15, 0.2) is 4.51 Å². The molecule has 11 nitrogen and oxygen atoms in total. The number of rotatable bonds is 7. The minimum Gasteiger partial charge on any atom is -0.463 e. The fourth-order valence-corrected chi connectivity index (χ4v) is 2.87. The van der Waals surface area contributed by atoms with Gasteiger partial charge in [0.2, 0.25) is 18.3 Å². The number of esters is 4. The fourth-order valence-electron chi connectivity index (χ4n) is 2.49. The van der Waals surface area contributed by atoms with Crippen molar-refractivity contribution < 1.29 is 49.0 Å². The van der Waals surface area contributed by atoms with Crippen LogP contribution in [0.1, 0.15) is 29.1 Å². The Kier molecular flexibility index (Phi) is 9.89. The molecule has 1 heterocycles. The summed E-state index contributed by atoms with van der Waals surface area (Å²) in [6.07, 6.45) is -7.35. The average Bonchev–Trinajstić information content (AvgIpc) is 2.60. The van der Waals surface area contributed by atoms with E-state index in [2.05, 4.69) is 4.51 Å². The van der Waals surface area contributed by atoms with Crippen LogP contribution in [0.5, 0.6) is 0 Å². The highest BCUT2D eigenvalue weighted by molar-refractivity contribution is 6.54. The number of hydrogen-bond donors (Lipinski definition) is 0. The normalized spacial score (nSPS) is 27.4. The van der Waals surface area contributed by atoms with Crippen molar-refractivity contribution in [2.24, 2.45) is 4.51 Å². The predicted octanol–water partition coefficient (Wildman–Crippen LogP) is 1.44. The molecule has 1 fully saturated rings. The maximum absolute atomic E-state index is 11.7. The third-order valence-electron chi connectivity index (χ3n) is 3.41. The van der Waals surface area contributed by atoms with Crippen LogP contribution < -0.4 is 0 Å². The van der Waals surface area contributed by atoms with Gasteiger partial charge < -0.3 is 28.4 Å². The summed E-state index contributed by atoms with van der Waals surface area (Å²) < 4.78 is 42.1. The summed E-state index contributed by atoms with van der Waals surface area (Å²) in [5.74, 6) is -3.93. The molecule has 0 saturated carbocycles. The van der Waals surface area contributed by atoms with Crippen molar-refractivity contribution in [3.05, 3.63) is 0 Å². The standard InChI is InChI=1S/C16H20Cl3NO10/c1-6(21)25-5-10-11(26-7(2)22)12(27-8(3)23)13(28-9(4)24)16(29-10)30-15(20-19)14(17)18/h10-14,16H,5H2,1-4H3/t10-,11-,12+,13-,16?/m1/s1/i14D. The summed E-state index contributed by atoms with van der Waals surface area (Å²) in [6.45, 7) is 3.82. The number of alkyl halides is 2. The monoisotopic (exact) mass is 492 g/mol. The van der Waals surface area contributed by atoms with E-state index in [-0.39, 0.29) is 0 Å². The lowest BCUT2D eigenvalue weighted by Gasteiger charge is -2.43. The van der Waals surface area contributed by atoms with Gasteiger partial charge in [-0.25, -0.2) is 0 Å². The van der Waals surface area contributed by atoms with E-state index in [1.807, 2.05) is 0 Å². The van der Waals surface area contributed by atoms with Gasteiger partial charge in [0.1, 0.15) is 12.7 Å². The first kappa shape index (κ1) is 24.4. The minimum absolute atomic E-state index is 0.473. The zero-order valence-electron chi connectivity index (χ0n) is 17.3. The van der Waals surface area contributed by atoms with Crippen LogP contribution in [0.25, 0.3) is 0 Å². The first-order valence-corrected chi connectivity index (χ1v) is 9.40. The molecule has 1 aliphatic rings. The summed E-state index contributed by atoms with van der Waals surface area (Å²) in [5.41, 5.74) is 0. The van der Waals surface area contributed by atoms with Gasteiger partial charge in [0, 0.05) is 39.5 Å². The second kappa shape index (κ2) is 12.1. The van der Waals surface area contributed by atoms with E-state index < -0.39 is 71.9 Å². The fraction of sp³-hybridized carbons (Fsp3) is 0.688. The molecule has 1 aliphatic heterocycles. The molecule has 14 heteroatoms. The van der Waals surface area contributed by atoms with Gasteiger partial charge in [0.25, 0.3) is 0 Å². The molecule has 170 valence electrons. The zero-order valence-corrected chi connectivity index (χ0v) is 18.5. The summed E-state index contributed by atoms with van der Waals surface area (Å²) in [4.78, 5) is 43.8. The number of ether oxygens (including phenoxy) is 6. The number of nitrogens with zero attached hydrogens (tertiary/aromatic N) is 1. The number of halogens is 3. The molecule has 0 radical (unpaired) electrons. The minimum atomic E-state index is -2.47. The Balaban J connectivity index is 3.44. The van der Waals surface area contributed by atoms with Crippen molar-refractivity contribution in [1.29, 1.82) is 0 Å². The van der Waals surface area contributed by atoms with Gasteiger partial charge in [-0.2, -0.15) is 0 Å². The molecule has 5 atom stereocenters. The molecule has 0 aromatic rings. The molecule has 0 aromatic heterocycles. The van der Waals surface area contributed by atoms with Gasteiger partial charge >= 0.3 is 23.9 Å². The van der Waals surface area contributed by atoms with Gasteiger partial charge in [-0.15, -0.1) is 4.51 Å². The quantitative estimate of drug-likeness (QED) is 0.168. The van der Waals surface area contributed by atoms with E-state index in [4.69, 9.17) is 64.8 Å². The van der Waals surface area contributed by atoms with Gasteiger partial charge in [0.15, 0.2) is 17.0 Å². The molecule has 1 rings (SSSR count). The van der Waals surface area contributed by atoms with Crippen LogP contribution in [0.2, 0.25) is 0 Å². The van der Waals surface area contributed by atoms with Gasteiger partial charge in [-0.05, 0) is 0 Å². The third kappa shape index (κ3) is 8.13. The van der Waals surface area contributed by atoms with E-state index in [1.54, 1.807) is 0 Å². The van der Waals surface area contributed by atoms with E-state index in [0.717, 1.165) is 27.7 Å². The Bertz CT molecular complexity index is 729. The average molecular weight is 494 g/mol. The molecular formula is C16H20Cl3NO10. The molecule has 30 heavy (non-hydrogen) atoms. The lowest BCUT2D eigenvalue weighted by molar-refractivity contribution is -0.291. The lowest BCUT2D eigenvalue weighted by Crippen LogP contribution is -2.63. The first-order valence-electron chi connectivity index (χ1n) is 8.80. The topological polar surface area (TPSA) is 136 Å². The SMILES string of the molecule is [2H]C(Cl)(Cl)C(=NCl)OC1O[C@H](COC(C)=O)[C@@H](OC(C)=O)[C@H](OC(C)=O)[C@H]1OC(C)=O. The first-order chi connectivity index (χ1) is 14.3. The van der Waals surface area contributed by atoms with Gasteiger partial charge in [0.05, 0.1) is 1.37 Å². The van der Waals surface area contributed by atoms with Crippen molar-refractivity contribution >= 4 is 64.8 Å². The van der Waals surface area contributed by atoms with Crippen LogP contribution in [0.3, 0.4) is 0 Å². The van der Waals surface area contributed by atoms with Gasteiger partial charge in [-0.3, -0.25) is 19.2 Å². The smallest absolute Gasteiger partial charge is 0.303 e. The molecule has 0 N–H and O–H groups in total. The van der Waals surface area contributed by atoms with E-state index >= 15 is 0 Å². The van der Waals surface area contributed by atoms with Crippen LogP contribution in [0.4, 0.5) is 0 Å². The summed E-state index contributed by atoms with van der Waals surface area (Å²) in [7, 11) is 0. The maximum atomic E-state index is 11.7. The van der Waals surface area contributed by atoms with Crippen LogP contribution >= 0.6 is 35.0 Å². The summed E-state index contributed by atoms with van der Waals surface area (Å²) in [6, 6.07) is 0. The summed E-state index contributed by atoms with van der Waals surface area (Å²) in [5, 5.41) is 0. The van der Waals surface area contributed by atoms with Gasteiger partial charge in [-0.1, -0.05) is 23.2 Å². The van der Waals surface area contributed by atoms with Crippen molar-refractivity contribution in [2.75, 3.05) is 6.61 Å². The van der Waals surface area contributed by atoms with Crippen molar-refractivity contribution in [3.63, 3.8) is 0 Å². The Labute approximate surface area is 188 Å². The largest absolute Gasteiger partial charge is 0.463 e. The molecule has 1 saturated heterocycles. The number of hydrogen-bond acceptors (Lipinski definition) is 11. The molecule has 0 spiro atoms. The van der Waals surface area contributed by atoms with Crippen LogP contribution in [-0.4, -0.2) is 71.9 Å². The lowest BCUT2D eigenvalue weighted by atomic mass is 9.98. The Morgan fingerprint density at radius 2 is 1.40 bits per heavy atom. The highest BCUT2D eigenvalue weighted by atomic mass is 35.5. The second-order valence-electron chi connectivity index (χ2n) is 5.84. The van der Waals surface area contributed by atoms with Crippen molar-refractivity contribution in [3.8, 4) is 0 Å². The van der Waals surface area contributed by atoms with Crippen molar-refractivity contribution in [2.45, 2.75) is 63.2 Å². The molecule has 1 unspecified atom stereocenters. The van der Waals surface area contributed by atoms with E-state index in [1.165, 1.54) is 0 Å². The Morgan fingerprint density at radius 1 is 0.900 bits per heavy atom. The number of carbonyl (C=O) groups excluding carboxylic acids is 4. The molecule has 0 aromatic carbocycles. The second-order valence-corrected chi connectivity index (χ2v) is 6.95. The number of carbonyl (C=O) groups is 4. The Morgan fingerprint density at radius 3 is 1.83 bits per heavy atom. The van der Waals surface area contributed by atoms with Crippen molar-refractivity contribution in [1.82, 2.24) is 0 Å². The molecule has 0 aliphatic carbocycles. The third-order valence-corrected chi connectivity index (χ3v) is 3.89. The molecule has 0 bridgehead atoms. The Hall–Kier alpha value is -1.82. The zero-order chi connectivity index (χ0) is 23.9. The highest BCUT2D eigenvalue weighted by Crippen LogP contribution is 2.30. The van der Waals surface area contributed by atoms with Crippen LogP contribution in [-0.2, 0) is 47.6 Å². The van der Waals surface area contributed by atoms with Crippen LogP contribution in [0, 0.1) is 0 Å². The van der Waals surface area contributed by atoms with E-state index in [9.17, 15) is 19.2 Å². The van der Waals surface area contributed by atoms with E-state index in [0.29, 0.717) is 0 Å². The maximum Gasteiger partial charge on any atom is 0.303 e. The highest BCUT2D eigenvalue weighted by Gasteiger charge is 2.53. The molecule has 0 amide bonds. The molecular weight excluding hydrogens is 473 g/mol. The predicted molar refractivity (Wildman–Crippen MR) is 102 cm³/mol.